The second-order valence-corrected chi connectivity index (χ2v) is 5.66. The van der Waals surface area contributed by atoms with Gasteiger partial charge >= 0.3 is 0 Å². The van der Waals surface area contributed by atoms with Crippen LogP contribution in [-0.4, -0.2) is 25.7 Å². The highest BCUT2D eigenvalue weighted by molar-refractivity contribution is 9.10. The van der Waals surface area contributed by atoms with Gasteiger partial charge in [0.15, 0.2) is 0 Å². The maximum Gasteiger partial charge on any atom is 0.101 e. The van der Waals surface area contributed by atoms with Crippen molar-refractivity contribution in [3.63, 3.8) is 0 Å². The largest absolute Gasteiger partial charge is 0.366 e. The van der Waals surface area contributed by atoms with Gasteiger partial charge < -0.3 is 10.2 Å². The lowest BCUT2D eigenvalue weighted by molar-refractivity contribution is 0.578. The summed E-state index contributed by atoms with van der Waals surface area (Å²) >= 11 is 3.49. The van der Waals surface area contributed by atoms with Crippen molar-refractivity contribution in [1.29, 1.82) is 5.26 Å². The van der Waals surface area contributed by atoms with Crippen molar-refractivity contribution in [2.45, 2.75) is 12.5 Å². The zero-order chi connectivity index (χ0) is 11.8. The topological polar surface area (TPSA) is 39.1 Å². The summed E-state index contributed by atoms with van der Waals surface area (Å²) in [4.78, 5) is 2.40. The number of halogens is 1. The average Bonchev–Trinajstić information content (AvgIpc) is 2.90. The molecule has 0 radical (unpaired) electrons. The summed E-state index contributed by atoms with van der Waals surface area (Å²) in [7, 11) is 0. The Hall–Kier alpha value is -1.05. The van der Waals surface area contributed by atoms with Crippen molar-refractivity contribution in [2.24, 2.45) is 5.92 Å². The molecule has 4 heteroatoms. The maximum absolute atomic E-state index is 9.20. The first-order valence-electron chi connectivity index (χ1n) is 5.96. The van der Waals surface area contributed by atoms with E-state index in [1.807, 2.05) is 12.1 Å². The van der Waals surface area contributed by atoms with E-state index in [0.29, 0.717) is 6.04 Å². The predicted molar refractivity (Wildman–Crippen MR) is 71.0 cm³/mol. The summed E-state index contributed by atoms with van der Waals surface area (Å²) in [5.41, 5.74) is 1.86. The van der Waals surface area contributed by atoms with Crippen molar-refractivity contribution in [3.05, 3.63) is 28.2 Å². The third-order valence-corrected chi connectivity index (χ3v) is 4.33. The summed E-state index contributed by atoms with van der Waals surface area (Å²) in [5, 5.41) is 12.6. The molecule has 88 valence electrons. The van der Waals surface area contributed by atoms with E-state index in [1.165, 1.54) is 6.42 Å². The fraction of sp³-hybridized carbons (Fsp3) is 0.462. The summed E-state index contributed by atoms with van der Waals surface area (Å²) in [5.74, 6) is 0.750. The van der Waals surface area contributed by atoms with Crippen molar-refractivity contribution in [3.8, 4) is 6.07 Å². The molecular formula is C13H14BrN3. The van der Waals surface area contributed by atoms with E-state index in [0.717, 1.165) is 41.3 Å². The number of nitriles is 1. The summed E-state index contributed by atoms with van der Waals surface area (Å²) in [6.45, 7) is 3.24. The maximum atomic E-state index is 9.20. The molecule has 1 aromatic rings. The van der Waals surface area contributed by atoms with Gasteiger partial charge in [-0.05, 0) is 30.5 Å². The zero-order valence-electron chi connectivity index (χ0n) is 9.49. The number of anilines is 1. The molecule has 2 aliphatic rings. The van der Waals surface area contributed by atoms with Gasteiger partial charge in [0.2, 0.25) is 0 Å². The van der Waals surface area contributed by atoms with Gasteiger partial charge in [-0.25, -0.2) is 0 Å². The molecule has 1 N–H and O–H groups in total. The number of hydrogen-bond donors (Lipinski definition) is 1. The van der Waals surface area contributed by atoms with Crippen LogP contribution in [0.1, 0.15) is 12.0 Å². The summed E-state index contributed by atoms with van der Waals surface area (Å²) in [6.07, 6.45) is 1.23. The van der Waals surface area contributed by atoms with E-state index in [1.54, 1.807) is 0 Å². The minimum atomic E-state index is 0.566. The molecule has 3 rings (SSSR count). The predicted octanol–water partition coefficient (Wildman–Crippen LogP) is 2.12. The monoisotopic (exact) mass is 291 g/mol. The standard InChI is InChI=1S/C13H14BrN3/c14-11-2-1-9(6-15)12(5-11)17-4-3-10-7-16-8-13(10)17/h1-2,5,10,13,16H,3-4,7-8H2/t10-,13+/m0/s1. The molecule has 0 aromatic heterocycles. The minimum absolute atomic E-state index is 0.566. The van der Waals surface area contributed by atoms with Crippen molar-refractivity contribution < 1.29 is 0 Å². The van der Waals surface area contributed by atoms with Crippen LogP contribution in [0.4, 0.5) is 5.69 Å². The molecule has 0 amide bonds. The van der Waals surface area contributed by atoms with Gasteiger partial charge in [0, 0.05) is 30.1 Å². The van der Waals surface area contributed by atoms with Crippen LogP contribution in [0, 0.1) is 17.2 Å². The SMILES string of the molecule is N#Cc1ccc(Br)cc1N1CC[C@H]2CNC[C@H]21. The van der Waals surface area contributed by atoms with Gasteiger partial charge in [0.05, 0.1) is 11.3 Å². The lowest BCUT2D eigenvalue weighted by Gasteiger charge is -2.26. The highest BCUT2D eigenvalue weighted by Gasteiger charge is 2.38. The molecule has 0 aliphatic carbocycles. The second kappa shape index (κ2) is 4.32. The molecule has 2 heterocycles. The number of benzene rings is 1. The highest BCUT2D eigenvalue weighted by Crippen LogP contribution is 2.35. The third kappa shape index (κ3) is 1.84. The van der Waals surface area contributed by atoms with E-state index in [9.17, 15) is 5.26 Å². The van der Waals surface area contributed by atoms with Gasteiger partial charge in [-0.1, -0.05) is 15.9 Å². The fourth-order valence-electron chi connectivity index (χ4n) is 2.99. The van der Waals surface area contributed by atoms with Crippen LogP contribution >= 0.6 is 15.9 Å². The molecule has 0 bridgehead atoms. The van der Waals surface area contributed by atoms with Gasteiger partial charge in [-0.3, -0.25) is 0 Å². The summed E-state index contributed by atoms with van der Waals surface area (Å²) < 4.78 is 1.04. The fourth-order valence-corrected chi connectivity index (χ4v) is 3.33. The molecular weight excluding hydrogens is 278 g/mol. The van der Waals surface area contributed by atoms with Crippen LogP contribution in [0.15, 0.2) is 22.7 Å². The molecule has 0 spiro atoms. The smallest absolute Gasteiger partial charge is 0.101 e. The number of nitrogens with one attached hydrogen (secondary N) is 1. The quantitative estimate of drug-likeness (QED) is 0.861. The minimum Gasteiger partial charge on any atom is -0.366 e. The Morgan fingerprint density at radius 1 is 1.41 bits per heavy atom. The molecule has 2 atom stereocenters. The van der Waals surface area contributed by atoms with Crippen molar-refractivity contribution in [1.82, 2.24) is 5.32 Å². The van der Waals surface area contributed by atoms with Crippen molar-refractivity contribution >= 4 is 21.6 Å². The first-order valence-corrected chi connectivity index (χ1v) is 6.76. The molecule has 2 saturated heterocycles. The van der Waals surface area contributed by atoms with Gasteiger partial charge in [0.25, 0.3) is 0 Å². The lowest BCUT2D eigenvalue weighted by Crippen LogP contribution is -2.34. The Labute approximate surface area is 110 Å². The molecule has 17 heavy (non-hydrogen) atoms. The van der Waals surface area contributed by atoms with E-state index < -0.39 is 0 Å². The molecule has 0 saturated carbocycles. The third-order valence-electron chi connectivity index (χ3n) is 3.83. The van der Waals surface area contributed by atoms with E-state index in [-0.39, 0.29) is 0 Å². The van der Waals surface area contributed by atoms with E-state index >= 15 is 0 Å². The number of fused-ring (bicyclic) bond motifs is 1. The molecule has 1 aromatic carbocycles. The van der Waals surface area contributed by atoms with E-state index in [4.69, 9.17) is 0 Å². The van der Waals surface area contributed by atoms with Crippen LogP contribution in [-0.2, 0) is 0 Å². The Morgan fingerprint density at radius 3 is 3.12 bits per heavy atom. The first-order chi connectivity index (χ1) is 8.29. The Bertz CT molecular complexity index is 480. The highest BCUT2D eigenvalue weighted by atomic mass is 79.9. The average molecular weight is 292 g/mol. The molecule has 2 aliphatic heterocycles. The zero-order valence-corrected chi connectivity index (χ0v) is 11.1. The van der Waals surface area contributed by atoms with E-state index in [2.05, 4.69) is 38.3 Å². The van der Waals surface area contributed by atoms with Crippen LogP contribution < -0.4 is 10.2 Å². The number of rotatable bonds is 1. The Morgan fingerprint density at radius 2 is 2.29 bits per heavy atom. The Kier molecular flexibility index (Phi) is 2.81. The van der Waals surface area contributed by atoms with Crippen LogP contribution in [0.2, 0.25) is 0 Å². The molecule has 2 fully saturated rings. The van der Waals surface area contributed by atoms with Gasteiger partial charge in [-0.15, -0.1) is 0 Å². The molecule has 0 unspecified atom stereocenters. The lowest BCUT2D eigenvalue weighted by atomic mass is 10.0. The van der Waals surface area contributed by atoms with Crippen LogP contribution in [0.25, 0.3) is 0 Å². The first kappa shape index (κ1) is 11.1. The van der Waals surface area contributed by atoms with Crippen LogP contribution in [0.5, 0.6) is 0 Å². The second-order valence-electron chi connectivity index (χ2n) is 4.74. The van der Waals surface area contributed by atoms with Gasteiger partial charge in [-0.2, -0.15) is 5.26 Å². The summed E-state index contributed by atoms with van der Waals surface area (Å²) in [6, 6.07) is 8.76. The van der Waals surface area contributed by atoms with Gasteiger partial charge in [0.1, 0.15) is 6.07 Å². The Balaban J connectivity index is 1.99. The van der Waals surface area contributed by atoms with Crippen LogP contribution in [0.3, 0.4) is 0 Å². The number of nitrogens with zero attached hydrogens (tertiary/aromatic N) is 2. The van der Waals surface area contributed by atoms with Crippen molar-refractivity contribution in [2.75, 3.05) is 24.5 Å². The normalized spacial score (nSPS) is 26.9. The number of hydrogen-bond acceptors (Lipinski definition) is 3. The molecule has 3 nitrogen and oxygen atoms in total.